The Kier molecular flexibility index (Phi) is 132. The Hall–Kier alpha value is 2.64. The van der Waals surface area contributed by atoms with Gasteiger partial charge in [-0.25, -0.2) is 0 Å². The number of hydrogen-bond donors (Lipinski definition) is 0. The van der Waals surface area contributed by atoms with Crippen molar-refractivity contribution >= 4 is 0 Å². The molecular formula is MoNbNiTi. The van der Waals surface area contributed by atoms with Gasteiger partial charge in [0.25, 0.3) is 0 Å². The molecule has 25 valence electrons. The topological polar surface area (TPSA) is 0 Å². The van der Waals surface area contributed by atoms with Gasteiger partial charge in [0.15, 0.2) is 0 Å². The van der Waals surface area contributed by atoms with Crippen molar-refractivity contribution < 1.29 is 81.7 Å². The van der Waals surface area contributed by atoms with Crippen molar-refractivity contribution in [2.75, 3.05) is 0 Å². The van der Waals surface area contributed by atoms with E-state index in [-0.39, 0.29) is 81.7 Å². The second-order valence-electron chi connectivity index (χ2n) is 0. The Labute approximate surface area is 80.4 Å². The minimum Gasteiger partial charge on any atom is 0 e. The summed E-state index contributed by atoms with van der Waals surface area (Å²) in [5, 5.41) is 0. The molecule has 0 saturated carbocycles. The van der Waals surface area contributed by atoms with Crippen molar-refractivity contribution in [2.45, 2.75) is 0 Å². The summed E-state index contributed by atoms with van der Waals surface area (Å²) in [4.78, 5) is 0. The second-order valence-corrected chi connectivity index (χ2v) is 0. The fourth-order valence-electron chi connectivity index (χ4n) is 0. The van der Waals surface area contributed by atoms with E-state index in [1.54, 1.807) is 0 Å². The summed E-state index contributed by atoms with van der Waals surface area (Å²) in [5.74, 6) is 0. The molecule has 4 heteroatoms. The maximum atomic E-state index is 0. The molecular weight excluding hydrogens is 295 g/mol. The van der Waals surface area contributed by atoms with Crippen LogP contribution < -0.4 is 0 Å². The first-order valence-corrected chi connectivity index (χ1v) is 0. The largest absolute Gasteiger partial charge is 0 e. The van der Waals surface area contributed by atoms with E-state index in [2.05, 4.69) is 0 Å². The molecule has 0 bridgehead atoms. The van der Waals surface area contributed by atoms with Crippen molar-refractivity contribution in [1.82, 2.24) is 0 Å². The van der Waals surface area contributed by atoms with Gasteiger partial charge >= 0.3 is 0 Å². The van der Waals surface area contributed by atoms with E-state index >= 15 is 0 Å². The van der Waals surface area contributed by atoms with E-state index in [4.69, 9.17) is 0 Å². The molecule has 0 spiro atoms. The molecule has 0 aromatic heterocycles. The van der Waals surface area contributed by atoms with Crippen LogP contribution in [0.25, 0.3) is 0 Å². The predicted molar refractivity (Wildman–Crippen MR) is 0 cm³/mol. The van der Waals surface area contributed by atoms with Crippen LogP contribution in [0.5, 0.6) is 0 Å². The monoisotopic (exact) mass is 297 g/mol. The third-order valence-corrected chi connectivity index (χ3v) is 0. The smallest absolute Gasteiger partial charge is 0 e. The van der Waals surface area contributed by atoms with Crippen molar-refractivity contribution in [3.8, 4) is 0 Å². The van der Waals surface area contributed by atoms with Gasteiger partial charge in [0.1, 0.15) is 0 Å². The first kappa shape index (κ1) is 30.3. The number of hydrogen-bond acceptors (Lipinski definition) is 0. The zero-order chi connectivity index (χ0) is 0. The Morgan fingerprint density at radius 3 is 1.00 bits per heavy atom. The van der Waals surface area contributed by atoms with Crippen LogP contribution in [0.1, 0.15) is 0 Å². The van der Waals surface area contributed by atoms with Crippen LogP contribution in [-0.4, -0.2) is 0 Å². The molecule has 4 heavy (non-hydrogen) atoms. The van der Waals surface area contributed by atoms with Gasteiger partial charge < -0.3 is 0 Å². The SMILES string of the molecule is [Mo].[Nb].[Ni].[Ti]. The second kappa shape index (κ2) is 17.4. The summed E-state index contributed by atoms with van der Waals surface area (Å²) >= 11 is 0. The Balaban J connectivity index is 0. The minimum atomic E-state index is 0. The van der Waals surface area contributed by atoms with Crippen LogP contribution in [0.15, 0.2) is 0 Å². The van der Waals surface area contributed by atoms with Gasteiger partial charge in [-0.15, -0.1) is 0 Å². The fraction of sp³-hybridized carbons (Fsp3) is 0. The van der Waals surface area contributed by atoms with Crippen LogP contribution >= 0.6 is 0 Å². The Morgan fingerprint density at radius 1 is 1.00 bits per heavy atom. The first-order valence-electron chi connectivity index (χ1n) is 0. The van der Waals surface area contributed by atoms with Crippen LogP contribution in [0.2, 0.25) is 0 Å². The van der Waals surface area contributed by atoms with Gasteiger partial charge in [-0.1, -0.05) is 0 Å². The summed E-state index contributed by atoms with van der Waals surface area (Å²) in [6.45, 7) is 0. The van der Waals surface area contributed by atoms with Gasteiger partial charge in [-0.05, 0) is 0 Å². The first-order chi connectivity index (χ1) is 0. The average molecular weight is 295 g/mol. The number of rotatable bonds is 0. The molecule has 0 aliphatic heterocycles. The Morgan fingerprint density at radius 2 is 1.00 bits per heavy atom. The normalized spacial score (nSPS) is 0. The van der Waals surface area contributed by atoms with Crippen LogP contribution in [-0.2, 0) is 81.7 Å². The molecule has 0 N–H and O–H groups in total. The molecule has 0 aliphatic rings. The molecule has 0 nitrogen and oxygen atoms in total. The fourth-order valence-corrected chi connectivity index (χ4v) is 0. The molecule has 0 aliphatic carbocycles. The summed E-state index contributed by atoms with van der Waals surface area (Å²) in [6, 6.07) is 0. The van der Waals surface area contributed by atoms with Crippen LogP contribution in [0.4, 0.5) is 0 Å². The van der Waals surface area contributed by atoms with Crippen molar-refractivity contribution in [2.24, 2.45) is 0 Å². The third kappa shape index (κ3) is 8.82. The molecule has 0 unspecified atom stereocenters. The van der Waals surface area contributed by atoms with E-state index in [1.165, 1.54) is 0 Å². The van der Waals surface area contributed by atoms with E-state index in [1.807, 2.05) is 0 Å². The molecule has 0 heterocycles. The van der Waals surface area contributed by atoms with Crippen molar-refractivity contribution in [3.63, 3.8) is 0 Å². The van der Waals surface area contributed by atoms with Crippen LogP contribution in [0, 0.1) is 0 Å². The van der Waals surface area contributed by atoms with E-state index in [0.29, 0.717) is 0 Å². The van der Waals surface area contributed by atoms with Gasteiger partial charge in [-0.3, -0.25) is 0 Å². The van der Waals surface area contributed by atoms with Crippen molar-refractivity contribution in [1.29, 1.82) is 0 Å². The summed E-state index contributed by atoms with van der Waals surface area (Å²) in [6.07, 6.45) is 0. The standard InChI is InChI=1S/Mo.Nb.Ni.Ti. The van der Waals surface area contributed by atoms with E-state index < -0.39 is 0 Å². The van der Waals surface area contributed by atoms with Gasteiger partial charge in [0.05, 0.1) is 0 Å². The molecule has 0 aromatic carbocycles. The molecule has 0 aromatic rings. The zero-order valence-electron chi connectivity index (χ0n) is 1.67. The molecule has 0 atom stereocenters. The maximum Gasteiger partial charge on any atom is 0 e. The predicted octanol–water partition coefficient (Wildman–Crippen LogP) is -0.0100. The zero-order valence-corrected chi connectivity index (χ0v) is 8.43. The molecule has 0 rings (SSSR count). The van der Waals surface area contributed by atoms with Crippen molar-refractivity contribution in [3.05, 3.63) is 0 Å². The summed E-state index contributed by atoms with van der Waals surface area (Å²) in [7, 11) is 0. The summed E-state index contributed by atoms with van der Waals surface area (Å²) < 4.78 is 0. The molecule has 0 fully saturated rings. The van der Waals surface area contributed by atoms with Crippen LogP contribution in [0.3, 0.4) is 0 Å². The Bertz CT molecular complexity index is 8.00. The minimum absolute atomic E-state index is 0. The molecule has 1 radical (unpaired) electrons. The van der Waals surface area contributed by atoms with Gasteiger partial charge in [-0.2, -0.15) is 0 Å². The molecule has 0 amide bonds. The average Bonchev–Trinajstić information content (AvgIpc) is 0. The van der Waals surface area contributed by atoms with Gasteiger partial charge in [0.2, 0.25) is 0 Å². The van der Waals surface area contributed by atoms with E-state index in [9.17, 15) is 0 Å². The van der Waals surface area contributed by atoms with Gasteiger partial charge in [0, 0.05) is 81.7 Å². The van der Waals surface area contributed by atoms with E-state index in [0.717, 1.165) is 0 Å². The maximum absolute atomic E-state index is 0. The third-order valence-electron chi connectivity index (χ3n) is 0. The summed E-state index contributed by atoms with van der Waals surface area (Å²) in [5.41, 5.74) is 0. The molecule has 0 saturated heterocycles. The quantitative estimate of drug-likeness (QED) is 0.552.